The van der Waals surface area contributed by atoms with Gasteiger partial charge in [0.25, 0.3) is 10.0 Å². The lowest BCUT2D eigenvalue weighted by molar-refractivity contribution is 0.386. The van der Waals surface area contributed by atoms with E-state index >= 15 is 0 Å². The van der Waals surface area contributed by atoms with Gasteiger partial charge in [-0.1, -0.05) is 19.1 Å². The second-order valence-corrected chi connectivity index (χ2v) is 6.20. The molecular formula is C12H20N2O3S. The molecule has 0 radical (unpaired) electrons. The Bertz CT molecular complexity index is 505. The van der Waals surface area contributed by atoms with Gasteiger partial charge in [-0.3, -0.25) is 0 Å². The molecule has 1 heterocycles. The Morgan fingerprint density at radius 3 is 2.72 bits per heavy atom. The van der Waals surface area contributed by atoms with Gasteiger partial charge >= 0.3 is 0 Å². The van der Waals surface area contributed by atoms with E-state index in [-0.39, 0.29) is 11.6 Å². The SMILES string of the molecule is C=C(C)CN(C)S(=O)(=O)c1ccc(CNCC)o1. The summed E-state index contributed by atoms with van der Waals surface area (Å²) in [5, 5.41) is 3.05. The highest BCUT2D eigenvalue weighted by molar-refractivity contribution is 7.89. The average Bonchev–Trinajstić information content (AvgIpc) is 2.74. The van der Waals surface area contributed by atoms with Crippen LogP contribution in [0.4, 0.5) is 0 Å². The van der Waals surface area contributed by atoms with E-state index in [0.717, 1.165) is 12.1 Å². The van der Waals surface area contributed by atoms with Gasteiger partial charge in [-0.2, -0.15) is 4.31 Å². The first kappa shape index (κ1) is 14.9. The molecule has 0 aliphatic carbocycles. The molecule has 0 aliphatic heterocycles. The van der Waals surface area contributed by atoms with E-state index in [4.69, 9.17) is 4.42 Å². The van der Waals surface area contributed by atoms with Crippen LogP contribution in [0.5, 0.6) is 0 Å². The number of hydrogen-bond acceptors (Lipinski definition) is 4. The summed E-state index contributed by atoms with van der Waals surface area (Å²) >= 11 is 0. The van der Waals surface area contributed by atoms with Crippen molar-refractivity contribution in [2.45, 2.75) is 25.5 Å². The molecule has 0 aromatic carbocycles. The second-order valence-electron chi connectivity index (χ2n) is 4.22. The monoisotopic (exact) mass is 272 g/mol. The highest BCUT2D eigenvalue weighted by Gasteiger charge is 2.24. The predicted molar refractivity (Wildman–Crippen MR) is 70.7 cm³/mol. The number of nitrogens with one attached hydrogen (secondary N) is 1. The van der Waals surface area contributed by atoms with Crippen LogP contribution in [0, 0.1) is 0 Å². The lowest BCUT2D eigenvalue weighted by atomic mass is 10.4. The molecule has 0 saturated carbocycles. The summed E-state index contributed by atoms with van der Waals surface area (Å²) in [4.78, 5) is 0. The van der Waals surface area contributed by atoms with Gasteiger partial charge in [-0.25, -0.2) is 8.42 Å². The third-order valence-corrected chi connectivity index (χ3v) is 4.02. The normalized spacial score (nSPS) is 12.0. The first-order chi connectivity index (χ1) is 8.37. The van der Waals surface area contributed by atoms with Crippen LogP contribution in [0.25, 0.3) is 0 Å². The van der Waals surface area contributed by atoms with Gasteiger partial charge in [-0.05, 0) is 25.6 Å². The van der Waals surface area contributed by atoms with Crippen LogP contribution in [-0.4, -0.2) is 32.9 Å². The predicted octanol–water partition coefficient (Wildman–Crippen LogP) is 1.59. The molecule has 0 saturated heterocycles. The fourth-order valence-electron chi connectivity index (χ4n) is 1.46. The number of sulfonamides is 1. The molecule has 0 unspecified atom stereocenters. The van der Waals surface area contributed by atoms with Crippen LogP contribution in [0.3, 0.4) is 0 Å². The minimum Gasteiger partial charge on any atom is -0.447 e. The van der Waals surface area contributed by atoms with Crippen molar-refractivity contribution in [1.82, 2.24) is 9.62 Å². The summed E-state index contributed by atoms with van der Waals surface area (Å²) in [5.74, 6) is 0.610. The Balaban J connectivity index is 2.85. The van der Waals surface area contributed by atoms with Crippen molar-refractivity contribution < 1.29 is 12.8 Å². The van der Waals surface area contributed by atoms with Gasteiger partial charge in [0.05, 0.1) is 6.54 Å². The highest BCUT2D eigenvalue weighted by atomic mass is 32.2. The van der Waals surface area contributed by atoms with Gasteiger partial charge in [0.2, 0.25) is 5.09 Å². The van der Waals surface area contributed by atoms with Crippen LogP contribution in [0.15, 0.2) is 33.8 Å². The Morgan fingerprint density at radius 2 is 2.17 bits per heavy atom. The average molecular weight is 272 g/mol. The third-order valence-electron chi connectivity index (χ3n) is 2.34. The fourth-order valence-corrected chi connectivity index (χ4v) is 2.61. The van der Waals surface area contributed by atoms with Crippen molar-refractivity contribution in [1.29, 1.82) is 0 Å². The lowest BCUT2D eigenvalue weighted by Crippen LogP contribution is -2.28. The molecule has 0 atom stereocenters. The van der Waals surface area contributed by atoms with E-state index in [9.17, 15) is 8.42 Å². The number of nitrogens with zero attached hydrogens (tertiary/aromatic N) is 1. The van der Waals surface area contributed by atoms with Crippen LogP contribution >= 0.6 is 0 Å². The molecule has 102 valence electrons. The van der Waals surface area contributed by atoms with Crippen molar-refractivity contribution in [2.24, 2.45) is 0 Å². The van der Waals surface area contributed by atoms with Crippen molar-refractivity contribution in [3.05, 3.63) is 30.0 Å². The second kappa shape index (κ2) is 6.17. The summed E-state index contributed by atoms with van der Waals surface area (Å²) in [5.41, 5.74) is 0.778. The molecule has 0 amide bonds. The summed E-state index contributed by atoms with van der Waals surface area (Å²) in [6.45, 7) is 9.07. The molecule has 0 bridgehead atoms. The number of rotatable bonds is 7. The smallest absolute Gasteiger partial charge is 0.276 e. The number of hydrogen-bond donors (Lipinski definition) is 1. The van der Waals surface area contributed by atoms with Gasteiger partial charge in [0, 0.05) is 13.6 Å². The zero-order valence-electron chi connectivity index (χ0n) is 11.1. The van der Waals surface area contributed by atoms with Gasteiger partial charge in [0.15, 0.2) is 0 Å². The van der Waals surface area contributed by atoms with Gasteiger partial charge in [-0.15, -0.1) is 0 Å². The summed E-state index contributed by atoms with van der Waals surface area (Å²) in [6, 6.07) is 3.15. The molecule has 6 heteroatoms. The summed E-state index contributed by atoms with van der Waals surface area (Å²) in [6.07, 6.45) is 0. The van der Waals surface area contributed by atoms with E-state index in [1.165, 1.54) is 17.4 Å². The molecule has 0 spiro atoms. The topological polar surface area (TPSA) is 62.6 Å². The van der Waals surface area contributed by atoms with Crippen LogP contribution in [0.2, 0.25) is 0 Å². The van der Waals surface area contributed by atoms with Crippen molar-refractivity contribution in [2.75, 3.05) is 20.1 Å². The third kappa shape index (κ3) is 3.69. The first-order valence-corrected chi connectivity index (χ1v) is 7.22. The van der Waals surface area contributed by atoms with E-state index < -0.39 is 10.0 Å². The lowest BCUT2D eigenvalue weighted by Gasteiger charge is -2.14. The van der Waals surface area contributed by atoms with Crippen LogP contribution in [-0.2, 0) is 16.6 Å². The maximum atomic E-state index is 12.1. The van der Waals surface area contributed by atoms with Gasteiger partial charge < -0.3 is 9.73 Å². The maximum Gasteiger partial charge on any atom is 0.276 e. The molecule has 5 nitrogen and oxygen atoms in total. The molecule has 1 N–H and O–H groups in total. The van der Waals surface area contributed by atoms with Crippen LogP contribution in [0.1, 0.15) is 19.6 Å². The van der Waals surface area contributed by atoms with Gasteiger partial charge in [0.1, 0.15) is 5.76 Å². The molecule has 18 heavy (non-hydrogen) atoms. The maximum absolute atomic E-state index is 12.1. The van der Waals surface area contributed by atoms with E-state index in [1.807, 2.05) is 6.92 Å². The quantitative estimate of drug-likeness (QED) is 0.766. The molecule has 0 fully saturated rings. The number of likely N-dealkylation sites (N-methyl/N-ethyl adjacent to an activating group) is 1. The standard InChI is InChI=1S/C12H20N2O3S/c1-5-13-8-11-6-7-12(17-11)18(15,16)14(4)9-10(2)3/h6-7,13H,2,5,8-9H2,1,3-4H3. The van der Waals surface area contributed by atoms with Crippen molar-refractivity contribution >= 4 is 10.0 Å². The summed E-state index contributed by atoms with van der Waals surface area (Å²) in [7, 11) is -2.05. The molecule has 0 aliphatic rings. The van der Waals surface area contributed by atoms with Crippen molar-refractivity contribution in [3.8, 4) is 0 Å². The molecule has 1 rings (SSSR count). The fraction of sp³-hybridized carbons (Fsp3) is 0.500. The minimum atomic E-state index is -3.56. The first-order valence-electron chi connectivity index (χ1n) is 5.78. The Hall–Kier alpha value is -1.11. The van der Waals surface area contributed by atoms with E-state index in [2.05, 4.69) is 11.9 Å². The van der Waals surface area contributed by atoms with E-state index in [1.54, 1.807) is 13.0 Å². The van der Waals surface area contributed by atoms with Crippen LogP contribution < -0.4 is 5.32 Å². The molecule has 1 aromatic rings. The largest absolute Gasteiger partial charge is 0.447 e. The molecular weight excluding hydrogens is 252 g/mol. The summed E-state index contributed by atoms with van der Waals surface area (Å²) < 4.78 is 30.8. The number of furan rings is 1. The van der Waals surface area contributed by atoms with E-state index in [0.29, 0.717) is 12.3 Å². The Kier molecular flexibility index (Phi) is 5.13. The zero-order valence-corrected chi connectivity index (χ0v) is 11.9. The zero-order chi connectivity index (χ0) is 13.8. The minimum absolute atomic E-state index is 0.0286. The Morgan fingerprint density at radius 1 is 1.50 bits per heavy atom. The van der Waals surface area contributed by atoms with Crippen molar-refractivity contribution in [3.63, 3.8) is 0 Å². The molecule has 1 aromatic heterocycles. The Labute approximate surface area is 109 Å². The highest BCUT2D eigenvalue weighted by Crippen LogP contribution is 2.18.